The van der Waals surface area contributed by atoms with Crippen LogP contribution in [0, 0.1) is 5.82 Å². The Bertz CT molecular complexity index is 1360. The van der Waals surface area contributed by atoms with Gasteiger partial charge in [0.2, 0.25) is 15.9 Å². The maximum absolute atomic E-state index is 14.7. The largest absolute Gasteiger partial charge is 0.435 e. The summed E-state index contributed by atoms with van der Waals surface area (Å²) in [6.07, 6.45) is 1.64. The quantitative estimate of drug-likeness (QED) is 0.640. The molecular formula is C23H22F3N3O5S. The zero-order valence-corrected chi connectivity index (χ0v) is 19.8. The predicted octanol–water partition coefficient (Wildman–Crippen LogP) is 3.67. The van der Waals surface area contributed by atoms with Gasteiger partial charge in [-0.05, 0) is 56.7 Å². The lowest BCUT2D eigenvalue weighted by Crippen LogP contribution is -2.59. The fourth-order valence-corrected chi connectivity index (χ4v) is 5.34. The molecule has 0 bridgehead atoms. The first kappa shape index (κ1) is 24.7. The molecule has 0 radical (unpaired) electrons. The van der Waals surface area contributed by atoms with Crippen LogP contribution in [0.25, 0.3) is 0 Å². The van der Waals surface area contributed by atoms with Gasteiger partial charge in [-0.25, -0.2) is 12.8 Å². The molecule has 4 rings (SSSR count). The molecule has 2 aromatic carbocycles. The normalized spacial score (nSPS) is 22.3. The third-order valence-corrected chi connectivity index (χ3v) is 7.14. The van der Waals surface area contributed by atoms with Crippen molar-refractivity contribution in [2.45, 2.75) is 44.9 Å². The van der Waals surface area contributed by atoms with Crippen LogP contribution in [0.1, 0.15) is 43.1 Å². The second kappa shape index (κ2) is 8.38. The van der Waals surface area contributed by atoms with E-state index in [0.29, 0.717) is 5.56 Å². The van der Waals surface area contributed by atoms with Gasteiger partial charge in [0.15, 0.2) is 0 Å². The van der Waals surface area contributed by atoms with E-state index in [-0.39, 0.29) is 29.1 Å². The standard InChI is InChI=1S/C23H22F3N3O5S/c1-22(2)15-11-13(19(30)27-23(3)9-4-10-35(32,33)28-23)5-8-17(15)29(20(22)31)18-12-14(34-21(25)26)6-7-16(18)24/h4-8,10-12,21,28H,9H2,1-3H3,(H,27,30)/t23-/m0/s1. The molecule has 12 heteroatoms. The van der Waals surface area contributed by atoms with Crippen LogP contribution in [-0.4, -0.2) is 32.5 Å². The van der Waals surface area contributed by atoms with E-state index < -0.39 is 45.3 Å². The molecule has 2 aromatic rings. The number of halogens is 3. The number of rotatable bonds is 5. The highest BCUT2D eigenvalue weighted by atomic mass is 32.2. The topological polar surface area (TPSA) is 105 Å². The molecular weight excluding hydrogens is 487 g/mol. The second-order valence-electron chi connectivity index (χ2n) is 9.00. The summed E-state index contributed by atoms with van der Waals surface area (Å²) in [4.78, 5) is 27.3. The molecule has 0 aromatic heterocycles. The van der Waals surface area contributed by atoms with Crippen molar-refractivity contribution in [2.75, 3.05) is 4.90 Å². The number of fused-ring (bicyclic) bond motifs is 1. The third kappa shape index (κ3) is 4.63. The number of benzene rings is 2. The number of carbonyl (C=O) groups is 2. The zero-order valence-electron chi connectivity index (χ0n) is 18.9. The molecule has 0 saturated heterocycles. The number of hydrogen-bond acceptors (Lipinski definition) is 5. The van der Waals surface area contributed by atoms with Crippen molar-refractivity contribution in [1.82, 2.24) is 10.0 Å². The molecule has 8 nitrogen and oxygen atoms in total. The minimum absolute atomic E-state index is 0.150. The van der Waals surface area contributed by atoms with Crippen LogP contribution in [0.2, 0.25) is 0 Å². The summed E-state index contributed by atoms with van der Waals surface area (Å²) in [7, 11) is -3.70. The van der Waals surface area contributed by atoms with Gasteiger partial charge in [-0.1, -0.05) is 6.08 Å². The average Bonchev–Trinajstić information content (AvgIpc) is 2.93. The Morgan fingerprint density at radius 3 is 2.51 bits per heavy atom. The van der Waals surface area contributed by atoms with Gasteiger partial charge in [0, 0.05) is 23.5 Å². The number of alkyl halides is 2. The number of carbonyl (C=O) groups excluding carboxylic acids is 2. The molecule has 0 unspecified atom stereocenters. The summed E-state index contributed by atoms with van der Waals surface area (Å²) >= 11 is 0. The summed E-state index contributed by atoms with van der Waals surface area (Å²) in [5.74, 6) is -2.26. The average molecular weight is 510 g/mol. The van der Waals surface area contributed by atoms with Crippen LogP contribution in [0.3, 0.4) is 0 Å². The first-order valence-corrected chi connectivity index (χ1v) is 12.0. The van der Waals surface area contributed by atoms with E-state index in [0.717, 1.165) is 28.5 Å². The van der Waals surface area contributed by atoms with Crippen molar-refractivity contribution in [3.8, 4) is 5.75 Å². The van der Waals surface area contributed by atoms with Gasteiger partial charge in [-0.15, -0.1) is 0 Å². The van der Waals surface area contributed by atoms with Crippen molar-refractivity contribution in [1.29, 1.82) is 0 Å². The molecule has 0 aliphatic carbocycles. The van der Waals surface area contributed by atoms with Gasteiger partial charge in [0.25, 0.3) is 5.91 Å². The highest BCUT2D eigenvalue weighted by molar-refractivity contribution is 7.92. The van der Waals surface area contributed by atoms with Crippen LogP contribution in [-0.2, 0) is 20.2 Å². The maximum atomic E-state index is 14.7. The molecule has 186 valence electrons. The summed E-state index contributed by atoms with van der Waals surface area (Å²) in [6.45, 7) is 1.58. The molecule has 35 heavy (non-hydrogen) atoms. The summed E-state index contributed by atoms with van der Waals surface area (Å²) in [5, 5.41) is 3.66. The first-order chi connectivity index (χ1) is 16.2. The summed E-state index contributed by atoms with van der Waals surface area (Å²) < 4.78 is 70.5. The smallest absolute Gasteiger partial charge is 0.387 e. The van der Waals surface area contributed by atoms with E-state index in [1.807, 2.05) is 0 Å². The maximum Gasteiger partial charge on any atom is 0.387 e. The van der Waals surface area contributed by atoms with E-state index in [2.05, 4.69) is 14.8 Å². The number of nitrogens with zero attached hydrogens (tertiary/aromatic N) is 1. The number of hydrogen-bond donors (Lipinski definition) is 2. The van der Waals surface area contributed by atoms with Crippen molar-refractivity contribution < 1.29 is 35.9 Å². The lowest BCUT2D eigenvalue weighted by atomic mass is 9.85. The number of amides is 2. The molecule has 2 heterocycles. The van der Waals surface area contributed by atoms with Crippen molar-refractivity contribution in [3.63, 3.8) is 0 Å². The Morgan fingerprint density at radius 1 is 1.14 bits per heavy atom. The van der Waals surface area contributed by atoms with Gasteiger partial charge in [-0.2, -0.15) is 13.5 Å². The molecule has 2 N–H and O–H groups in total. The molecule has 0 spiro atoms. The Hall–Kier alpha value is -3.38. The number of ether oxygens (including phenoxy) is 1. The third-order valence-electron chi connectivity index (χ3n) is 5.85. The van der Waals surface area contributed by atoms with E-state index in [4.69, 9.17) is 0 Å². The highest BCUT2D eigenvalue weighted by Gasteiger charge is 2.46. The van der Waals surface area contributed by atoms with E-state index in [1.54, 1.807) is 13.8 Å². The molecule has 0 fully saturated rings. The Kier molecular flexibility index (Phi) is 5.92. The van der Waals surface area contributed by atoms with E-state index in [1.165, 1.54) is 31.2 Å². The zero-order chi connectivity index (χ0) is 25.8. The molecule has 0 saturated carbocycles. The predicted molar refractivity (Wildman–Crippen MR) is 121 cm³/mol. The summed E-state index contributed by atoms with van der Waals surface area (Å²) in [6, 6.07) is 7.28. The fourth-order valence-electron chi connectivity index (χ4n) is 4.16. The second-order valence-corrected chi connectivity index (χ2v) is 10.6. The highest BCUT2D eigenvalue weighted by Crippen LogP contribution is 2.47. The van der Waals surface area contributed by atoms with Gasteiger partial charge in [0.05, 0.1) is 16.8 Å². The van der Waals surface area contributed by atoms with Crippen LogP contribution in [0.4, 0.5) is 24.5 Å². The van der Waals surface area contributed by atoms with E-state index in [9.17, 15) is 31.2 Å². The Balaban J connectivity index is 1.70. The van der Waals surface area contributed by atoms with Crippen molar-refractivity contribution in [2.24, 2.45) is 0 Å². The minimum atomic E-state index is -3.70. The van der Waals surface area contributed by atoms with Crippen LogP contribution in [0.5, 0.6) is 5.75 Å². The van der Waals surface area contributed by atoms with Gasteiger partial charge in [-0.3, -0.25) is 14.5 Å². The van der Waals surface area contributed by atoms with Crippen molar-refractivity contribution in [3.05, 3.63) is 64.8 Å². The van der Waals surface area contributed by atoms with Crippen LogP contribution < -0.4 is 19.7 Å². The van der Waals surface area contributed by atoms with Gasteiger partial charge < -0.3 is 10.1 Å². The monoisotopic (exact) mass is 509 g/mol. The Morgan fingerprint density at radius 2 is 1.86 bits per heavy atom. The number of anilines is 2. The van der Waals surface area contributed by atoms with Crippen molar-refractivity contribution >= 4 is 33.2 Å². The van der Waals surface area contributed by atoms with Crippen LogP contribution in [0.15, 0.2) is 47.9 Å². The fraction of sp³-hybridized carbons (Fsp3) is 0.304. The van der Waals surface area contributed by atoms with Crippen LogP contribution >= 0.6 is 0 Å². The molecule has 1 atom stereocenters. The molecule has 2 amide bonds. The van der Waals surface area contributed by atoms with Gasteiger partial charge >= 0.3 is 6.61 Å². The van der Waals surface area contributed by atoms with Gasteiger partial charge in [0.1, 0.15) is 17.2 Å². The first-order valence-electron chi connectivity index (χ1n) is 10.5. The number of sulfonamides is 1. The summed E-state index contributed by atoms with van der Waals surface area (Å²) in [5.41, 5.74) is -1.88. The minimum Gasteiger partial charge on any atom is -0.435 e. The van der Waals surface area contributed by atoms with E-state index >= 15 is 0 Å². The Labute approximate surface area is 199 Å². The lowest BCUT2D eigenvalue weighted by Gasteiger charge is -2.32. The molecule has 2 aliphatic rings. The lowest BCUT2D eigenvalue weighted by molar-refractivity contribution is -0.121. The molecule has 2 aliphatic heterocycles. The number of nitrogens with one attached hydrogen (secondary N) is 2. The SMILES string of the molecule is CC1(C)C(=O)N(c2cc(OC(F)F)ccc2F)c2ccc(C(=O)N[C@]3(C)CC=CS(=O)(=O)N3)cc21.